The summed E-state index contributed by atoms with van der Waals surface area (Å²) in [6.07, 6.45) is 1.88. The molecule has 6 heteroatoms. The number of quaternary nitrogens is 1. The topological polar surface area (TPSA) is 53.9 Å². The number of thioether (sulfide) groups is 1. The fourth-order valence-corrected chi connectivity index (χ4v) is 4.20. The first-order valence-electron chi connectivity index (χ1n) is 9.11. The summed E-state index contributed by atoms with van der Waals surface area (Å²) < 4.78 is 0. The van der Waals surface area contributed by atoms with E-state index in [1.807, 2.05) is 53.4 Å². The third-order valence-corrected chi connectivity index (χ3v) is 6.02. The fraction of sp³-hybridized carbons (Fsp3) is 0.238. The van der Waals surface area contributed by atoms with Crippen molar-refractivity contribution in [2.24, 2.45) is 0 Å². The Balaban J connectivity index is 1.54. The number of rotatable bonds is 2. The second kappa shape index (κ2) is 7.58. The molecule has 2 heterocycles. The van der Waals surface area contributed by atoms with Gasteiger partial charge in [-0.05, 0) is 29.8 Å². The molecule has 0 spiro atoms. The summed E-state index contributed by atoms with van der Waals surface area (Å²) in [5, 5.41) is 2.93. The van der Waals surface area contributed by atoms with Gasteiger partial charge in [-0.2, -0.15) is 0 Å². The Morgan fingerprint density at radius 3 is 2.63 bits per heavy atom. The third kappa shape index (κ3) is 3.91. The molecule has 2 amide bonds. The second-order valence-corrected chi connectivity index (χ2v) is 8.02. The summed E-state index contributed by atoms with van der Waals surface area (Å²) in [5.74, 6) is -0.0978. The largest absolute Gasteiger partial charge is 0.334 e. The maximum atomic E-state index is 12.8. The van der Waals surface area contributed by atoms with Crippen LogP contribution < -0.4 is 10.2 Å². The van der Waals surface area contributed by atoms with Gasteiger partial charge in [-0.25, -0.2) is 0 Å². The average molecular weight is 380 g/mol. The third-order valence-electron chi connectivity index (χ3n) is 4.92. The van der Waals surface area contributed by atoms with Gasteiger partial charge in [-0.15, -0.1) is 0 Å². The van der Waals surface area contributed by atoms with Crippen molar-refractivity contribution in [2.45, 2.75) is 4.90 Å². The lowest BCUT2D eigenvalue weighted by atomic mass is 10.1. The van der Waals surface area contributed by atoms with Crippen molar-refractivity contribution in [2.75, 3.05) is 38.5 Å². The fourth-order valence-electron chi connectivity index (χ4n) is 3.27. The molecule has 27 heavy (non-hydrogen) atoms. The zero-order valence-corrected chi connectivity index (χ0v) is 16.0. The predicted octanol–water partition coefficient (Wildman–Crippen LogP) is 1.74. The second-order valence-electron chi connectivity index (χ2n) is 6.94. The lowest BCUT2D eigenvalue weighted by Crippen LogP contribution is -3.12. The van der Waals surface area contributed by atoms with E-state index in [2.05, 4.69) is 12.4 Å². The van der Waals surface area contributed by atoms with Crippen LogP contribution in [-0.4, -0.2) is 49.9 Å². The average Bonchev–Trinajstić information content (AvgIpc) is 2.69. The molecule has 0 saturated carbocycles. The molecular formula is C21H22N3O2S+. The van der Waals surface area contributed by atoms with Crippen molar-refractivity contribution in [3.8, 4) is 0 Å². The number of nitrogens with zero attached hydrogens (tertiary/aromatic N) is 1. The van der Waals surface area contributed by atoms with Crippen LogP contribution in [-0.2, 0) is 4.79 Å². The molecule has 2 aromatic carbocycles. The monoisotopic (exact) mass is 380 g/mol. The van der Waals surface area contributed by atoms with E-state index < -0.39 is 0 Å². The smallest absolute Gasteiger partial charge is 0.262 e. The highest BCUT2D eigenvalue weighted by molar-refractivity contribution is 8.04. The molecular weight excluding hydrogens is 358 g/mol. The number of carbonyl (C=O) groups is 2. The van der Waals surface area contributed by atoms with Gasteiger partial charge in [-0.3, -0.25) is 9.59 Å². The van der Waals surface area contributed by atoms with Crippen LogP contribution in [0.5, 0.6) is 0 Å². The molecule has 1 saturated heterocycles. The van der Waals surface area contributed by atoms with Gasteiger partial charge in [0.25, 0.3) is 11.8 Å². The number of carbonyl (C=O) groups excluding carboxylic acids is 2. The minimum atomic E-state index is -0.135. The van der Waals surface area contributed by atoms with Gasteiger partial charge in [0.05, 0.1) is 43.8 Å². The summed E-state index contributed by atoms with van der Waals surface area (Å²) in [4.78, 5) is 30.2. The van der Waals surface area contributed by atoms with Gasteiger partial charge in [-0.1, -0.05) is 42.1 Å². The molecule has 2 aliphatic rings. The van der Waals surface area contributed by atoms with E-state index in [0.717, 1.165) is 36.6 Å². The van der Waals surface area contributed by atoms with Gasteiger partial charge in [0.1, 0.15) is 0 Å². The van der Waals surface area contributed by atoms with Crippen molar-refractivity contribution in [3.05, 3.63) is 64.6 Å². The van der Waals surface area contributed by atoms with Crippen LogP contribution in [0.25, 0.3) is 6.08 Å². The number of hydrogen-bond acceptors (Lipinski definition) is 3. The lowest BCUT2D eigenvalue weighted by Gasteiger charge is -2.30. The van der Waals surface area contributed by atoms with E-state index in [-0.39, 0.29) is 11.8 Å². The van der Waals surface area contributed by atoms with E-state index in [4.69, 9.17) is 0 Å². The van der Waals surface area contributed by atoms with Gasteiger partial charge < -0.3 is 15.1 Å². The van der Waals surface area contributed by atoms with Gasteiger partial charge in [0, 0.05) is 10.5 Å². The van der Waals surface area contributed by atoms with Crippen LogP contribution in [0.3, 0.4) is 0 Å². The Hall–Kier alpha value is -2.57. The van der Waals surface area contributed by atoms with Crippen molar-refractivity contribution in [3.63, 3.8) is 0 Å². The standard InChI is InChI=1S/C21H21N3O2S/c1-23-9-11-24(12-10-23)21(26)16-7-8-18-17(14-16)22-20(25)19(27-18)13-15-5-3-2-4-6-15/h2-8,13-14H,9-12H2,1H3,(H,22,25)/p+1. The van der Waals surface area contributed by atoms with Gasteiger partial charge >= 0.3 is 0 Å². The number of nitrogens with one attached hydrogen (secondary N) is 2. The predicted molar refractivity (Wildman–Crippen MR) is 108 cm³/mol. The molecule has 4 rings (SSSR count). The molecule has 0 atom stereocenters. The van der Waals surface area contributed by atoms with Crippen LogP contribution in [0.4, 0.5) is 5.69 Å². The summed E-state index contributed by atoms with van der Waals surface area (Å²) in [5.41, 5.74) is 2.33. The van der Waals surface area contributed by atoms with E-state index >= 15 is 0 Å². The number of fused-ring (bicyclic) bond motifs is 1. The Labute approximate surface area is 163 Å². The molecule has 0 aromatic heterocycles. The summed E-state index contributed by atoms with van der Waals surface area (Å²) in [7, 11) is 2.15. The molecule has 2 aromatic rings. The van der Waals surface area contributed by atoms with Crippen LogP contribution in [0.2, 0.25) is 0 Å². The maximum Gasteiger partial charge on any atom is 0.262 e. The van der Waals surface area contributed by atoms with Gasteiger partial charge in [0.15, 0.2) is 0 Å². The molecule has 138 valence electrons. The Morgan fingerprint density at radius 2 is 1.89 bits per heavy atom. The van der Waals surface area contributed by atoms with Crippen molar-refractivity contribution >= 4 is 35.3 Å². The Bertz CT molecular complexity index is 903. The SMILES string of the molecule is C[NH+]1CCN(C(=O)c2ccc3c(c2)NC(=O)C(=Cc2ccccc2)S3)CC1. The van der Waals surface area contributed by atoms with E-state index in [1.165, 1.54) is 16.7 Å². The Kier molecular flexibility index (Phi) is 5.01. The normalized spacial score (nSPS) is 18.9. The highest BCUT2D eigenvalue weighted by atomic mass is 32.2. The summed E-state index contributed by atoms with van der Waals surface area (Å²) in [6.45, 7) is 3.48. The van der Waals surface area contributed by atoms with Crippen LogP contribution >= 0.6 is 11.8 Å². The molecule has 0 radical (unpaired) electrons. The van der Waals surface area contributed by atoms with Crippen LogP contribution in [0, 0.1) is 0 Å². The lowest BCUT2D eigenvalue weighted by molar-refractivity contribution is -0.883. The number of hydrogen-bond donors (Lipinski definition) is 2. The highest BCUT2D eigenvalue weighted by Crippen LogP contribution is 2.39. The first-order chi connectivity index (χ1) is 13.1. The maximum absolute atomic E-state index is 12.8. The molecule has 0 bridgehead atoms. The van der Waals surface area contributed by atoms with Gasteiger partial charge in [0.2, 0.25) is 0 Å². The molecule has 0 aliphatic carbocycles. The number of anilines is 1. The minimum Gasteiger partial charge on any atom is -0.334 e. The van der Waals surface area contributed by atoms with Crippen molar-refractivity contribution < 1.29 is 14.5 Å². The molecule has 5 nitrogen and oxygen atoms in total. The van der Waals surface area contributed by atoms with Crippen molar-refractivity contribution in [1.82, 2.24) is 4.90 Å². The van der Waals surface area contributed by atoms with Crippen LogP contribution in [0.15, 0.2) is 58.3 Å². The van der Waals surface area contributed by atoms with E-state index in [0.29, 0.717) is 16.2 Å². The zero-order chi connectivity index (χ0) is 18.8. The molecule has 1 fully saturated rings. The zero-order valence-electron chi connectivity index (χ0n) is 15.2. The quantitative estimate of drug-likeness (QED) is 0.781. The highest BCUT2D eigenvalue weighted by Gasteiger charge is 2.25. The van der Waals surface area contributed by atoms with Crippen molar-refractivity contribution in [1.29, 1.82) is 0 Å². The van der Waals surface area contributed by atoms with Crippen LogP contribution in [0.1, 0.15) is 15.9 Å². The number of benzene rings is 2. The first-order valence-corrected chi connectivity index (χ1v) is 9.92. The first kappa shape index (κ1) is 17.8. The number of amides is 2. The molecule has 0 unspecified atom stereocenters. The minimum absolute atomic E-state index is 0.0372. The molecule has 2 N–H and O–H groups in total. The Morgan fingerprint density at radius 1 is 1.15 bits per heavy atom. The number of piperazine rings is 1. The summed E-state index contributed by atoms with van der Waals surface area (Å²) >= 11 is 1.44. The van der Waals surface area contributed by atoms with E-state index in [1.54, 1.807) is 6.07 Å². The van der Waals surface area contributed by atoms with E-state index in [9.17, 15) is 9.59 Å². The number of likely N-dealkylation sites (N-methyl/N-ethyl adjacent to an activating group) is 1. The summed E-state index contributed by atoms with van der Waals surface area (Å²) in [6, 6.07) is 15.4. The molecule has 2 aliphatic heterocycles.